The normalized spacial score (nSPS) is 23.7. The molecule has 0 spiro atoms. The lowest BCUT2D eigenvalue weighted by Gasteiger charge is -2.40. The van der Waals surface area contributed by atoms with Crippen LogP contribution >= 0.6 is 11.6 Å². The highest BCUT2D eigenvalue weighted by Crippen LogP contribution is 2.25. The van der Waals surface area contributed by atoms with Gasteiger partial charge in [0.25, 0.3) is 5.91 Å². The molecule has 2 N–H and O–H groups in total. The molecule has 2 heterocycles. The Morgan fingerprint density at radius 1 is 1.53 bits per heavy atom. The van der Waals surface area contributed by atoms with E-state index in [1.807, 2.05) is 16.4 Å². The van der Waals surface area contributed by atoms with Gasteiger partial charge in [-0.2, -0.15) is 0 Å². The monoisotopic (exact) mass is 283 g/mol. The second-order valence-electron chi connectivity index (χ2n) is 5.21. The van der Waals surface area contributed by atoms with Crippen LogP contribution in [0.2, 0.25) is 5.02 Å². The molecule has 2 rings (SSSR count). The number of carbonyl (C=O) groups is 1. The first-order valence-corrected chi connectivity index (χ1v) is 7.34. The Bertz CT molecular complexity index is 458. The molecule has 1 aliphatic rings. The predicted octanol–water partition coefficient (Wildman–Crippen LogP) is 2.50. The highest BCUT2D eigenvalue weighted by molar-refractivity contribution is 6.31. The molecule has 2 unspecified atom stereocenters. The fourth-order valence-corrected chi connectivity index (χ4v) is 3.15. The number of amides is 1. The maximum Gasteiger partial charge on any atom is 0.271 e. The summed E-state index contributed by atoms with van der Waals surface area (Å²) in [4.78, 5) is 14.7. The number of hydrogen-bond donors (Lipinski definition) is 1. The average molecular weight is 284 g/mol. The van der Waals surface area contributed by atoms with E-state index in [-0.39, 0.29) is 18.0 Å². The number of halogens is 1. The van der Waals surface area contributed by atoms with Crippen molar-refractivity contribution in [1.82, 2.24) is 9.47 Å². The van der Waals surface area contributed by atoms with Crippen LogP contribution in [0.3, 0.4) is 0 Å². The molecule has 1 saturated heterocycles. The Hall–Kier alpha value is -1.00. The molecule has 4 nitrogen and oxygen atoms in total. The first-order valence-electron chi connectivity index (χ1n) is 6.96. The smallest absolute Gasteiger partial charge is 0.271 e. The molecule has 1 amide bonds. The van der Waals surface area contributed by atoms with E-state index in [9.17, 15) is 4.79 Å². The second-order valence-corrected chi connectivity index (χ2v) is 5.65. The maximum absolute atomic E-state index is 12.8. The lowest BCUT2D eigenvalue weighted by atomic mass is 9.96. The van der Waals surface area contributed by atoms with Crippen molar-refractivity contribution in [2.45, 2.75) is 51.7 Å². The molecule has 1 fully saturated rings. The van der Waals surface area contributed by atoms with E-state index < -0.39 is 0 Å². The van der Waals surface area contributed by atoms with Gasteiger partial charge in [-0.1, -0.05) is 11.6 Å². The number of nitrogens with two attached hydrogens (primary N) is 1. The zero-order chi connectivity index (χ0) is 14.0. The molecule has 2 atom stereocenters. The summed E-state index contributed by atoms with van der Waals surface area (Å²) in [6, 6.07) is 2.14. The average Bonchev–Trinajstić information content (AvgIpc) is 2.78. The Labute approximate surface area is 119 Å². The van der Waals surface area contributed by atoms with Crippen LogP contribution in [-0.4, -0.2) is 34.0 Å². The lowest BCUT2D eigenvalue weighted by Crippen LogP contribution is -2.52. The van der Waals surface area contributed by atoms with E-state index in [1.54, 1.807) is 12.3 Å². The first kappa shape index (κ1) is 14.4. The van der Waals surface area contributed by atoms with Crippen LogP contribution in [0.25, 0.3) is 0 Å². The minimum atomic E-state index is 0.0522. The van der Waals surface area contributed by atoms with E-state index in [4.69, 9.17) is 17.3 Å². The fourth-order valence-electron chi connectivity index (χ4n) is 2.93. The molecule has 1 aromatic rings. The molecule has 0 aliphatic carbocycles. The first-order chi connectivity index (χ1) is 9.08. The van der Waals surface area contributed by atoms with E-state index in [2.05, 4.69) is 6.92 Å². The molecule has 0 saturated carbocycles. The van der Waals surface area contributed by atoms with Crippen molar-refractivity contribution in [3.8, 4) is 0 Å². The second kappa shape index (κ2) is 5.97. The highest BCUT2D eigenvalue weighted by atomic mass is 35.5. The van der Waals surface area contributed by atoms with Gasteiger partial charge in [0.1, 0.15) is 5.69 Å². The van der Waals surface area contributed by atoms with Crippen LogP contribution < -0.4 is 5.73 Å². The van der Waals surface area contributed by atoms with Crippen LogP contribution in [0.15, 0.2) is 12.3 Å². The summed E-state index contributed by atoms with van der Waals surface area (Å²) < 4.78 is 1.90. The van der Waals surface area contributed by atoms with Gasteiger partial charge >= 0.3 is 0 Å². The van der Waals surface area contributed by atoms with E-state index in [0.29, 0.717) is 17.3 Å². The van der Waals surface area contributed by atoms with Crippen molar-refractivity contribution < 1.29 is 4.79 Å². The molecule has 106 valence electrons. The quantitative estimate of drug-likeness (QED) is 0.927. The van der Waals surface area contributed by atoms with E-state index in [1.165, 1.54) is 0 Å². The number of aromatic nitrogens is 1. The van der Waals surface area contributed by atoms with Crippen molar-refractivity contribution in [3.05, 3.63) is 23.0 Å². The summed E-state index contributed by atoms with van der Waals surface area (Å²) in [6.45, 7) is 5.37. The Morgan fingerprint density at radius 3 is 2.89 bits per heavy atom. The number of rotatable bonds is 3. The van der Waals surface area contributed by atoms with Gasteiger partial charge in [-0.25, -0.2) is 0 Å². The Morgan fingerprint density at radius 2 is 2.26 bits per heavy atom. The molecular weight excluding hydrogens is 262 g/mol. The number of carbonyl (C=O) groups excluding carboxylic acids is 1. The van der Waals surface area contributed by atoms with Gasteiger partial charge in [-0.3, -0.25) is 4.79 Å². The molecule has 19 heavy (non-hydrogen) atoms. The Balaban J connectivity index is 2.30. The number of hydrogen-bond acceptors (Lipinski definition) is 2. The van der Waals surface area contributed by atoms with Crippen molar-refractivity contribution in [3.63, 3.8) is 0 Å². The van der Waals surface area contributed by atoms with Gasteiger partial charge in [0, 0.05) is 31.4 Å². The third kappa shape index (κ3) is 2.79. The maximum atomic E-state index is 12.8. The van der Waals surface area contributed by atoms with Crippen LogP contribution in [0, 0.1) is 0 Å². The van der Waals surface area contributed by atoms with Gasteiger partial charge in [0.05, 0.1) is 5.02 Å². The largest absolute Gasteiger partial charge is 0.342 e. The Kier molecular flexibility index (Phi) is 4.53. The van der Waals surface area contributed by atoms with Gasteiger partial charge in [0.2, 0.25) is 0 Å². The number of likely N-dealkylation sites (tertiary alicyclic amines) is 1. The third-order valence-corrected chi connectivity index (χ3v) is 4.16. The topological polar surface area (TPSA) is 51.3 Å². The van der Waals surface area contributed by atoms with Crippen LogP contribution in [-0.2, 0) is 6.54 Å². The van der Waals surface area contributed by atoms with Crippen molar-refractivity contribution in [2.24, 2.45) is 5.73 Å². The molecule has 0 radical (unpaired) electrons. The number of aryl methyl sites for hydroxylation is 1. The van der Waals surface area contributed by atoms with Gasteiger partial charge in [-0.05, 0) is 39.2 Å². The predicted molar refractivity (Wildman–Crippen MR) is 77.4 cm³/mol. The SMILES string of the molecule is CCn1cc(Cl)cc1C(=O)N1C(C)CCCC1CN. The summed E-state index contributed by atoms with van der Waals surface area (Å²) in [6.07, 6.45) is 4.99. The van der Waals surface area contributed by atoms with Crippen LogP contribution in [0.1, 0.15) is 43.6 Å². The van der Waals surface area contributed by atoms with E-state index in [0.717, 1.165) is 25.8 Å². The molecule has 1 aromatic heterocycles. The third-order valence-electron chi connectivity index (χ3n) is 3.96. The summed E-state index contributed by atoms with van der Waals surface area (Å²) in [5.74, 6) is 0.0522. The zero-order valence-corrected chi connectivity index (χ0v) is 12.4. The molecule has 0 bridgehead atoms. The summed E-state index contributed by atoms with van der Waals surface area (Å²) in [7, 11) is 0. The minimum absolute atomic E-state index is 0.0522. The van der Waals surface area contributed by atoms with Crippen molar-refractivity contribution in [2.75, 3.05) is 6.54 Å². The minimum Gasteiger partial charge on any atom is -0.342 e. The van der Waals surface area contributed by atoms with Crippen LogP contribution in [0.4, 0.5) is 0 Å². The van der Waals surface area contributed by atoms with Gasteiger partial charge < -0.3 is 15.2 Å². The van der Waals surface area contributed by atoms with Crippen molar-refractivity contribution >= 4 is 17.5 Å². The molecule has 5 heteroatoms. The summed E-state index contributed by atoms with van der Waals surface area (Å²) in [5, 5.41) is 0.610. The molecule has 1 aliphatic heterocycles. The zero-order valence-electron chi connectivity index (χ0n) is 11.6. The number of nitrogens with zero attached hydrogens (tertiary/aromatic N) is 2. The molecule has 0 aromatic carbocycles. The number of piperidine rings is 1. The lowest BCUT2D eigenvalue weighted by molar-refractivity contribution is 0.0483. The molecular formula is C14H22ClN3O. The van der Waals surface area contributed by atoms with Gasteiger partial charge in [-0.15, -0.1) is 0 Å². The summed E-state index contributed by atoms with van der Waals surface area (Å²) >= 11 is 6.02. The highest BCUT2D eigenvalue weighted by Gasteiger charge is 2.32. The standard InChI is InChI=1S/C14H22ClN3O/c1-3-17-9-11(15)7-13(17)14(19)18-10(2)5-4-6-12(18)8-16/h7,9-10,12H,3-6,8,16H2,1-2H3. The van der Waals surface area contributed by atoms with Crippen LogP contribution in [0.5, 0.6) is 0 Å². The summed E-state index contributed by atoms with van der Waals surface area (Å²) in [5.41, 5.74) is 6.49. The van der Waals surface area contributed by atoms with Gasteiger partial charge in [0.15, 0.2) is 0 Å². The fraction of sp³-hybridized carbons (Fsp3) is 0.643. The van der Waals surface area contributed by atoms with E-state index >= 15 is 0 Å². The van der Waals surface area contributed by atoms with Crippen molar-refractivity contribution in [1.29, 1.82) is 0 Å².